The van der Waals surface area contributed by atoms with Crippen LogP contribution in [0.2, 0.25) is 0 Å². The second kappa shape index (κ2) is 5.54. The Balaban J connectivity index is 1.75. The number of piperidine rings is 1. The van der Waals surface area contributed by atoms with E-state index in [0.717, 1.165) is 23.9 Å². The summed E-state index contributed by atoms with van der Waals surface area (Å²) in [7, 11) is 0. The molecule has 5 nitrogen and oxygen atoms in total. The third-order valence-corrected chi connectivity index (χ3v) is 6.14. The van der Waals surface area contributed by atoms with Gasteiger partial charge in [-0.3, -0.25) is 14.5 Å². The van der Waals surface area contributed by atoms with Gasteiger partial charge in [0.15, 0.2) is 5.58 Å². The highest BCUT2D eigenvalue weighted by Gasteiger charge is 2.60. The first kappa shape index (κ1) is 18.0. The molecule has 0 radical (unpaired) electrons. The summed E-state index contributed by atoms with van der Waals surface area (Å²) in [6.07, 6.45) is 2.20. The Bertz CT molecular complexity index is 944. The number of carbonyl (C=O) groups is 2. The predicted molar refractivity (Wildman–Crippen MR) is 103 cm³/mol. The monoisotopic (exact) mass is 366 g/mol. The highest BCUT2D eigenvalue weighted by molar-refractivity contribution is 6.05. The van der Waals surface area contributed by atoms with Gasteiger partial charge in [-0.2, -0.15) is 0 Å². The summed E-state index contributed by atoms with van der Waals surface area (Å²) in [5.74, 6) is 0.325. The van der Waals surface area contributed by atoms with Gasteiger partial charge in [-0.15, -0.1) is 0 Å². The van der Waals surface area contributed by atoms with Crippen LogP contribution in [-0.2, 0) is 15.0 Å². The lowest BCUT2D eigenvalue weighted by molar-refractivity contribution is -0.167. The van der Waals surface area contributed by atoms with Crippen molar-refractivity contribution in [2.24, 2.45) is 10.8 Å². The van der Waals surface area contributed by atoms with Gasteiger partial charge >= 0.3 is 0 Å². The highest BCUT2D eigenvalue weighted by Crippen LogP contribution is 2.58. The molecule has 1 saturated carbocycles. The molecule has 0 spiro atoms. The summed E-state index contributed by atoms with van der Waals surface area (Å²) in [4.78, 5) is 31.9. The van der Waals surface area contributed by atoms with Crippen LogP contribution in [0.3, 0.4) is 0 Å². The number of para-hydroxylation sites is 2. The van der Waals surface area contributed by atoms with E-state index in [9.17, 15) is 9.59 Å². The number of nitrogens with zero attached hydrogens (tertiary/aromatic N) is 2. The van der Waals surface area contributed by atoms with Gasteiger partial charge in [-0.1, -0.05) is 39.5 Å². The van der Waals surface area contributed by atoms with Crippen LogP contribution >= 0.6 is 0 Å². The third-order valence-electron chi connectivity index (χ3n) is 6.14. The number of benzene rings is 1. The number of fused-ring (bicyclic) bond motifs is 3. The number of aromatic nitrogens is 1. The number of oxazole rings is 1. The van der Waals surface area contributed by atoms with Gasteiger partial charge in [0.05, 0.1) is 0 Å². The van der Waals surface area contributed by atoms with Gasteiger partial charge in [0.1, 0.15) is 5.52 Å². The van der Waals surface area contributed by atoms with E-state index in [0.29, 0.717) is 24.4 Å². The second-order valence-electron chi connectivity index (χ2n) is 9.43. The number of likely N-dealkylation sites (tertiary alicyclic amines) is 1. The molecule has 142 valence electrons. The van der Waals surface area contributed by atoms with E-state index in [2.05, 4.69) is 20.4 Å². The van der Waals surface area contributed by atoms with Crippen molar-refractivity contribution in [2.45, 2.75) is 52.4 Å². The van der Waals surface area contributed by atoms with Gasteiger partial charge in [0.2, 0.25) is 11.8 Å². The van der Waals surface area contributed by atoms with E-state index in [1.165, 1.54) is 4.90 Å². The van der Waals surface area contributed by atoms with E-state index < -0.39 is 5.41 Å². The summed E-state index contributed by atoms with van der Waals surface area (Å²) >= 11 is 0. The highest BCUT2D eigenvalue weighted by atomic mass is 16.3. The van der Waals surface area contributed by atoms with Gasteiger partial charge in [0.25, 0.3) is 5.91 Å². The average molecular weight is 366 g/mol. The lowest BCUT2D eigenvalue weighted by Gasteiger charge is -2.56. The zero-order chi connectivity index (χ0) is 19.6. The number of hydrogen-bond acceptors (Lipinski definition) is 4. The van der Waals surface area contributed by atoms with Crippen molar-refractivity contribution in [3.8, 4) is 0 Å². The Morgan fingerprint density at radius 2 is 1.81 bits per heavy atom. The molecule has 5 heteroatoms. The van der Waals surface area contributed by atoms with Crippen LogP contribution in [0.15, 0.2) is 40.8 Å². The fourth-order valence-electron chi connectivity index (χ4n) is 5.65. The minimum absolute atomic E-state index is 0.102. The zero-order valence-corrected chi connectivity index (χ0v) is 16.5. The van der Waals surface area contributed by atoms with E-state index >= 15 is 0 Å². The molecule has 27 heavy (non-hydrogen) atoms. The minimum Gasteiger partial charge on any atom is -0.440 e. The summed E-state index contributed by atoms with van der Waals surface area (Å²) in [6, 6.07) is 7.74. The van der Waals surface area contributed by atoms with Crippen molar-refractivity contribution in [1.82, 2.24) is 9.88 Å². The van der Waals surface area contributed by atoms with E-state index in [-0.39, 0.29) is 22.6 Å². The number of imide groups is 1. The number of carbonyl (C=O) groups excluding carboxylic acids is 2. The number of amides is 2. The summed E-state index contributed by atoms with van der Waals surface area (Å²) in [6.45, 7) is 12.1. The molecule has 2 aliphatic rings. The minimum atomic E-state index is -0.619. The lowest BCUT2D eigenvalue weighted by Crippen LogP contribution is -2.62. The largest absolute Gasteiger partial charge is 0.440 e. The molecule has 2 fully saturated rings. The molecule has 1 aromatic carbocycles. The molecule has 2 amide bonds. The molecule has 2 aromatic rings. The molecule has 2 bridgehead atoms. The Morgan fingerprint density at radius 1 is 1.15 bits per heavy atom. The maximum Gasteiger partial charge on any atom is 0.255 e. The molecular formula is C22H26N2O3. The van der Waals surface area contributed by atoms with Gasteiger partial charge in [0, 0.05) is 22.9 Å². The molecule has 0 N–H and O–H groups in total. The summed E-state index contributed by atoms with van der Waals surface area (Å²) in [5.41, 5.74) is 0.856. The Morgan fingerprint density at radius 3 is 2.48 bits per heavy atom. The molecule has 1 aliphatic carbocycles. The van der Waals surface area contributed by atoms with Gasteiger partial charge in [-0.05, 0) is 43.7 Å². The van der Waals surface area contributed by atoms with E-state index in [1.807, 2.05) is 31.2 Å². The first-order valence-corrected chi connectivity index (χ1v) is 9.43. The van der Waals surface area contributed by atoms with Crippen LogP contribution in [-0.4, -0.2) is 28.2 Å². The van der Waals surface area contributed by atoms with Crippen LogP contribution < -0.4 is 0 Å². The van der Waals surface area contributed by atoms with Crippen LogP contribution in [0.4, 0.5) is 0 Å². The first-order valence-electron chi connectivity index (χ1n) is 9.43. The van der Waals surface area contributed by atoms with Crippen molar-refractivity contribution < 1.29 is 14.0 Å². The fraction of sp³-hybridized carbons (Fsp3) is 0.500. The van der Waals surface area contributed by atoms with Crippen molar-refractivity contribution >= 4 is 22.9 Å². The Labute approximate surface area is 159 Å². The van der Waals surface area contributed by atoms with Crippen LogP contribution in [0.5, 0.6) is 0 Å². The van der Waals surface area contributed by atoms with Crippen LogP contribution in [0, 0.1) is 10.8 Å². The molecule has 3 atom stereocenters. The normalized spacial score (nSPS) is 33.3. The fourth-order valence-corrected chi connectivity index (χ4v) is 5.65. The lowest BCUT2D eigenvalue weighted by atomic mass is 9.52. The number of hydrogen-bond donors (Lipinski definition) is 0. The topological polar surface area (TPSA) is 63.4 Å². The van der Waals surface area contributed by atoms with Crippen LogP contribution in [0.25, 0.3) is 11.1 Å². The Hall–Kier alpha value is -2.43. The second-order valence-corrected chi connectivity index (χ2v) is 9.43. The van der Waals surface area contributed by atoms with Crippen molar-refractivity contribution in [1.29, 1.82) is 0 Å². The Kier molecular flexibility index (Phi) is 3.68. The molecule has 1 saturated heterocycles. The van der Waals surface area contributed by atoms with Gasteiger partial charge < -0.3 is 4.42 Å². The SMILES string of the molecule is C=C(C)C(=O)N1C[C@@]2(C)C[C@](C)(C[C@@](C)(c3nc4ccccc4o3)C2)C1=O. The molecule has 1 aromatic heterocycles. The zero-order valence-electron chi connectivity index (χ0n) is 16.5. The van der Waals surface area contributed by atoms with Crippen LogP contribution in [0.1, 0.15) is 52.8 Å². The summed E-state index contributed by atoms with van der Waals surface area (Å²) < 4.78 is 6.10. The molecule has 2 heterocycles. The van der Waals surface area contributed by atoms with Gasteiger partial charge in [-0.25, -0.2) is 4.98 Å². The maximum absolute atomic E-state index is 13.3. The van der Waals surface area contributed by atoms with Crippen molar-refractivity contribution in [2.75, 3.05) is 6.54 Å². The quantitative estimate of drug-likeness (QED) is 0.746. The predicted octanol–water partition coefficient (Wildman–Crippen LogP) is 4.23. The summed E-state index contributed by atoms with van der Waals surface area (Å²) in [5, 5.41) is 0. The van der Waals surface area contributed by atoms with E-state index in [1.54, 1.807) is 6.92 Å². The molecule has 1 aliphatic heterocycles. The number of rotatable bonds is 2. The molecule has 4 rings (SSSR count). The standard InChI is InChI=1S/C22H26N2O3/c1-14(2)17(25)24-13-20(3)10-21(4,12-22(5,11-20)19(24)26)18-23-15-8-6-7-9-16(15)27-18/h6-9H,1,10-13H2,2-5H3/t20-,21+,22-/m1/s1. The third kappa shape index (κ3) is 2.71. The average Bonchev–Trinajstić information content (AvgIpc) is 3.01. The van der Waals surface area contributed by atoms with E-state index in [4.69, 9.17) is 9.40 Å². The van der Waals surface area contributed by atoms with Crippen molar-refractivity contribution in [3.05, 3.63) is 42.3 Å². The first-order chi connectivity index (χ1) is 12.6. The maximum atomic E-state index is 13.3. The molecule has 0 unspecified atom stereocenters. The van der Waals surface area contributed by atoms with Crippen molar-refractivity contribution in [3.63, 3.8) is 0 Å². The smallest absolute Gasteiger partial charge is 0.255 e. The molecular weight excluding hydrogens is 340 g/mol.